The highest BCUT2D eigenvalue weighted by Crippen LogP contribution is 2.28. The molecule has 0 bridgehead atoms. The summed E-state index contributed by atoms with van der Waals surface area (Å²) in [4.78, 5) is 0. The number of hydrogen-bond donors (Lipinski definition) is 1. The van der Waals surface area contributed by atoms with Gasteiger partial charge in [-0.15, -0.1) is 0 Å². The zero-order valence-corrected chi connectivity index (χ0v) is 11.3. The molecule has 1 aromatic carbocycles. The molecule has 0 aliphatic rings. The monoisotopic (exact) mass is 243 g/mol. The van der Waals surface area contributed by atoms with Crippen molar-refractivity contribution < 1.29 is 4.42 Å². The molecule has 1 heterocycles. The Kier molecular flexibility index (Phi) is 3.87. The Bertz CT molecular complexity index is 459. The largest absolute Gasteiger partial charge is 0.472 e. The van der Waals surface area contributed by atoms with Gasteiger partial charge in [-0.3, -0.25) is 0 Å². The van der Waals surface area contributed by atoms with Crippen LogP contribution >= 0.6 is 0 Å². The lowest BCUT2D eigenvalue weighted by atomic mass is 9.75. The molecule has 0 aliphatic heterocycles. The van der Waals surface area contributed by atoms with Crippen LogP contribution in [0.5, 0.6) is 0 Å². The van der Waals surface area contributed by atoms with E-state index in [0.29, 0.717) is 6.04 Å². The fourth-order valence-corrected chi connectivity index (χ4v) is 2.43. The lowest BCUT2D eigenvalue weighted by Crippen LogP contribution is -2.44. The Morgan fingerprint density at radius 2 is 1.89 bits per heavy atom. The predicted molar refractivity (Wildman–Crippen MR) is 74.7 cm³/mol. The van der Waals surface area contributed by atoms with Crippen molar-refractivity contribution in [2.75, 3.05) is 7.05 Å². The predicted octanol–water partition coefficient (Wildman–Crippen LogP) is 3.39. The summed E-state index contributed by atoms with van der Waals surface area (Å²) in [7, 11) is 2.02. The van der Waals surface area contributed by atoms with Gasteiger partial charge in [-0.1, -0.05) is 44.2 Å². The number of nitrogens with one attached hydrogen (secondary N) is 1. The molecule has 0 amide bonds. The normalized spacial score (nSPS) is 13.5. The van der Waals surface area contributed by atoms with Gasteiger partial charge in [0.05, 0.1) is 12.5 Å². The van der Waals surface area contributed by atoms with Gasteiger partial charge in [-0.25, -0.2) is 0 Å². The summed E-state index contributed by atoms with van der Waals surface area (Å²) in [6.45, 7) is 4.56. The molecule has 1 atom stereocenters. The van der Waals surface area contributed by atoms with Crippen LogP contribution in [-0.2, 0) is 11.8 Å². The molecular weight excluding hydrogens is 222 g/mol. The Labute approximate surface area is 109 Å². The molecule has 0 spiro atoms. The highest BCUT2D eigenvalue weighted by Gasteiger charge is 2.30. The zero-order chi connectivity index (χ0) is 13.0. The van der Waals surface area contributed by atoms with Crippen molar-refractivity contribution >= 4 is 0 Å². The first-order valence-electron chi connectivity index (χ1n) is 6.38. The van der Waals surface area contributed by atoms with Crippen molar-refractivity contribution in [3.05, 3.63) is 60.1 Å². The third kappa shape index (κ3) is 2.65. The van der Waals surface area contributed by atoms with E-state index in [2.05, 4.69) is 49.5 Å². The van der Waals surface area contributed by atoms with Crippen LogP contribution in [0.15, 0.2) is 53.3 Å². The molecule has 2 rings (SSSR count). The van der Waals surface area contributed by atoms with Crippen LogP contribution in [0, 0.1) is 0 Å². The number of rotatable bonds is 5. The van der Waals surface area contributed by atoms with Gasteiger partial charge in [0.1, 0.15) is 0 Å². The summed E-state index contributed by atoms with van der Waals surface area (Å²) in [5.74, 6) is 0. The van der Waals surface area contributed by atoms with E-state index in [1.54, 1.807) is 6.26 Å². The van der Waals surface area contributed by atoms with Crippen molar-refractivity contribution in [1.29, 1.82) is 0 Å². The second-order valence-corrected chi connectivity index (χ2v) is 5.26. The van der Waals surface area contributed by atoms with E-state index in [-0.39, 0.29) is 5.41 Å². The molecular formula is C16H21NO. The van der Waals surface area contributed by atoms with Gasteiger partial charge in [-0.2, -0.15) is 0 Å². The third-order valence-electron chi connectivity index (χ3n) is 3.76. The molecule has 1 unspecified atom stereocenters. The van der Waals surface area contributed by atoms with Gasteiger partial charge in [0.15, 0.2) is 0 Å². The number of hydrogen-bond acceptors (Lipinski definition) is 2. The molecule has 0 radical (unpaired) electrons. The van der Waals surface area contributed by atoms with E-state index < -0.39 is 0 Å². The number of benzene rings is 1. The summed E-state index contributed by atoms with van der Waals surface area (Å²) in [5, 5.41) is 3.44. The minimum absolute atomic E-state index is 0.0767. The van der Waals surface area contributed by atoms with Gasteiger partial charge in [0.2, 0.25) is 0 Å². The highest BCUT2D eigenvalue weighted by atomic mass is 16.3. The lowest BCUT2D eigenvalue weighted by Gasteiger charge is -2.34. The molecule has 2 nitrogen and oxygen atoms in total. The van der Waals surface area contributed by atoms with Crippen molar-refractivity contribution in [2.45, 2.75) is 31.7 Å². The van der Waals surface area contributed by atoms with Gasteiger partial charge in [0.25, 0.3) is 0 Å². The molecule has 0 saturated heterocycles. The summed E-state index contributed by atoms with van der Waals surface area (Å²) in [5.41, 5.74) is 2.67. The fraction of sp³-hybridized carbons (Fsp3) is 0.375. The van der Waals surface area contributed by atoms with E-state index in [0.717, 1.165) is 6.42 Å². The minimum Gasteiger partial charge on any atom is -0.472 e. The summed E-state index contributed by atoms with van der Waals surface area (Å²) in [6.07, 6.45) is 4.53. The first kappa shape index (κ1) is 12.9. The molecule has 1 aromatic heterocycles. The van der Waals surface area contributed by atoms with Crippen molar-refractivity contribution in [2.24, 2.45) is 0 Å². The fourth-order valence-electron chi connectivity index (χ4n) is 2.43. The molecule has 2 aromatic rings. The number of likely N-dealkylation sites (N-methyl/N-ethyl adjacent to an activating group) is 1. The Hall–Kier alpha value is -1.54. The van der Waals surface area contributed by atoms with E-state index in [1.165, 1.54) is 11.1 Å². The maximum Gasteiger partial charge on any atom is 0.0935 e. The SMILES string of the molecule is CNC(Cc1ccoc1)C(C)(C)c1ccccc1. The minimum atomic E-state index is 0.0767. The van der Waals surface area contributed by atoms with Crippen LogP contribution in [0.3, 0.4) is 0 Å². The summed E-state index contributed by atoms with van der Waals surface area (Å²) in [6, 6.07) is 13.1. The maximum absolute atomic E-state index is 5.15. The average molecular weight is 243 g/mol. The summed E-state index contributed by atoms with van der Waals surface area (Å²) < 4.78 is 5.15. The topological polar surface area (TPSA) is 25.2 Å². The molecule has 18 heavy (non-hydrogen) atoms. The van der Waals surface area contributed by atoms with E-state index in [4.69, 9.17) is 4.42 Å². The molecule has 1 N–H and O–H groups in total. The molecule has 0 fully saturated rings. The van der Waals surface area contributed by atoms with Crippen molar-refractivity contribution in [1.82, 2.24) is 5.32 Å². The van der Waals surface area contributed by atoms with E-state index in [9.17, 15) is 0 Å². The highest BCUT2D eigenvalue weighted by molar-refractivity contribution is 5.27. The van der Waals surface area contributed by atoms with E-state index in [1.807, 2.05) is 19.4 Å². The quantitative estimate of drug-likeness (QED) is 0.870. The van der Waals surface area contributed by atoms with Crippen LogP contribution in [0.4, 0.5) is 0 Å². The number of furan rings is 1. The second-order valence-electron chi connectivity index (χ2n) is 5.26. The Morgan fingerprint density at radius 1 is 1.17 bits per heavy atom. The lowest BCUT2D eigenvalue weighted by molar-refractivity contribution is 0.356. The first-order valence-corrected chi connectivity index (χ1v) is 6.38. The van der Waals surface area contributed by atoms with Gasteiger partial charge < -0.3 is 9.73 Å². The van der Waals surface area contributed by atoms with Crippen molar-refractivity contribution in [3.8, 4) is 0 Å². The van der Waals surface area contributed by atoms with Crippen LogP contribution < -0.4 is 5.32 Å². The van der Waals surface area contributed by atoms with Gasteiger partial charge >= 0.3 is 0 Å². The molecule has 0 aliphatic carbocycles. The summed E-state index contributed by atoms with van der Waals surface area (Å²) >= 11 is 0. The van der Waals surface area contributed by atoms with E-state index >= 15 is 0 Å². The van der Waals surface area contributed by atoms with Crippen LogP contribution in [0.1, 0.15) is 25.0 Å². The third-order valence-corrected chi connectivity index (χ3v) is 3.76. The molecule has 0 saturated carbocycles. The van der Waals surface area contributed by atoms with Crippen LogP contribution in [-0.4, -0.2) is 13.1 Å². The average Bonchev–Trinajstić information content (AvgIpc) is 2.89. The first-order chi connectivity index (χ1) is 8.64. The smallest absolute Gasteiger partial charge is 0.0935 e. The molecule has 96 valence electrons. The maximum atomic E-state index is 5.15. The standard InChI is InChI=1S/C16H21NO/c1-16(2,14-7-5-4-6-8-14)15(17-3)11-13-9-10-18-12-13/h4-10,12,15,17H,11H2,1-3H3. The zero-order valence-electron chi connectivity index (χ0n) is 11.3. The van der Waals surface area contributed by atoms with Crippen LogP contribution in [0.2, 0.25) is 0 Å². The van der Waals surface area contributed by atoms with Gasteiger partial charge in [-0.05, 0) is 30.7 Å². The Balaban J connectivity index is 2.21. The second kappa shape index (κ2) is 5.40. The van der Waals surface area contributed by atoms with Gasteiger partial charge in [0, 0.05) is 11.5 Å². The Morgan fingerprint density at radius 3 is 2.44 bits per heavy atom. The molecule has 2 heteroatoms. The van der Waals surface area contributed by atoms with Crippen molar-refractivity contribution in [3.63, 3.8) is 0 Å². The van der Waals surface area contributed by atoms with Crippen LogP contribution in [0.25, 0.3) is 0 Å².